The fourth-order valence-corrected chi connectivity index (χ4v) is 4.59. The van der Waals surface area contributed by atoms with Crippen LogP contribution in [0, 0.1) is 0 Å². The summed E-state index contributed by atoms with van der Waals surface area (Å²) in [7, 11) is 0. The van der Waals surface area contributed by atoms with Crippen LogP contribution in [0.1, 0.15) is 11.1 Å². The minimum absolute atomic E-state index is 0.00994. The molecule has 5 rings (SSSR count). The first-order chi connectivity index (χ1) is 16.7. The summed E-state index contributed by atoms with van der Waals surface area (Å²) in [5.74, 6) is 1.82. The first-order valence-corrected chi connectivity index (χ1v) is 12.2. The summed E-state index contributed by atoms with van der Waals surface area (Å²) < 4.78 is 13.1. The largest absolute Gasteiger partial charge is 0.486 e. The molecule has 34 heavy (non-hydrogen) atoms. The Morgan fingerprint density at radius 3 is 2.62 bits per heavy atom. The van der Waals surface area contributed by atoms with Crippen LogP contribution in [-0.4, -0.2) is 34.7 Å². The van der Waals surface area contributed by atoms with Crippen molar-refractivity contribution in [2.75, 3.05) is 19.0 Å². The number of amides is 1. The molecule has 0 bridgehead atoms. The highest BCUT2D eigenvalue weighted by Gasteiger charge is 2.13. The maximum absolute atomic E-state index is 12.5. The van der Waals surface area contributed by atoms with Gasteiger partial charge in [0.05, 0.1) is 12.3 Å². The lowest BCUT2D eigenvalue weighted by atomic mass is 9.98. The van der Waals surface area contributed by atoms with Crippen LogP contribution in [-0.2, 0) is 17.9 Å². The van der Waals surface area contributed by atoms with Crippen molar-refractivity contribution in [1.82, 2.24) is 15.1 Å². The van der Waals surface area contributed by atoms with Crippen molar-refractivity contribution in [3.05, 3.63) is 96.3 Å². The smallest absolute Gasteiger partial charge is 0.230 e. The van der Waals surface area contributed by atoms with Crippen molar-refractivity contribution in [2.24, 2.45) is 0 Å². The standard InChI is InChI=1S/C27H25N3O3S/c31-27(19-34-23-10-11-25-26(16-23)33-15-14-32-25)28-17-22-4-1-2-5-24(22)21-8-6-20(7-9-21)18-30-13-3-12-29-30/h1-13,16H,14-15,17-19H2,(H,28,31). The maximum atomic E-state index is 12.5. The molecule has 0 saturated carbocycles. The summed E-state index contributed by atoms with van der Waals surface area (Å²) in [6.07, 6.45) is 3.74. The molecular formula is C27H25N3O3S. The van der Waals surface area contributed by atoms with Crippen molar-refractivity contribution >= 4 is 17.7 Å². The van der Waals surface area contributed by atoms with Crippen LogP contribution in [0.3, 0.4) is 0 Å². The lowest BCUT2D eigenvalue weighted by Crippen LogP contribution is -2.24. The zero-order chi connectivity index (χ0) is 23.2. The van der Waals surface area contributed by atoms with Crippen LogP contribution in [0.15, 0.2) is 90.1 Å². The molecule has 172 valence electrons. The van der Waals surface area contributed by atoms with Gasteiger partial charge in [-0.3, -0.25) is 9.48 Å². The summed E-state index contributed by atoms with van der Waals surface area (Å²) in [6.45, 7) is 2.34. The number of aromatic nitrogens is 2. The predicted molar refractivity (Wildman–Crippen MR) is 133 cm³/mol. The quantitative estimate of drug-likeness (QED) is 0.375. The first kappa shape index (κ1) is 22.1. The van der Waals surface area contributed by atoms with E-state index in [1.807, 2.05) is 47.3 Å². The van der Waals surface area contributed by atoms with Gasteiger partial charge in [-0.1, -0.05) is 48.5 Å². The summed E-state index contributed by atoms with van der Waals surface area (Å²) >= 11 is 1.49. The molecule has 3 aromatic carbocycles. The number of carbonyl (C=O) groups is 1. The van der Waals surface area contributed by atoms with Gasteiger partial charge in [0, 0.05) is 23.8 Å². The number of nitrogens with one attached hydrogen (secondary N) is 1. The molecule has 6 nitrogen and oxygen atoms in total. The Morgan fingerprint density at radius 1 is 0.971 bits per heavy atom. The van der Waals surface area contributed by atoms with Gasteiger partial charge in [0.2, 0.25) is 5.91 Å². The number of carbonyl (C=O) groups excluding carboxylic acids is 1. The average molecular weight is 472 g/mol. The van der Waals surface area contributed by atoms with Crippen molar-refractivity contribution < 1.29 is 14.3 Å². The molecule has 0 unspecified atom stereocenters. The molecular weight excluding hydrogens is 446 g/mol. The van der Waals surface area contributed by atoms with E-state index in [2.05, 4.69) is 46.8 Å². The molecule has 2 heterocycles. The highest BCUT2D eigenvalue weighted by atomic mass is 32.2. The molecule has 0 atom stereocenters. The second-order valence-corrected chi connectivity index (χ2v) is 8.98. The number of rotatable bonds is 8. The molecule has 1 N–H and O–H groups in total. The van der Waals surface area contributed by atoms with Gasteiger partial charge in [-0.05, 0) is 46.5 Å². The molecule has 1 aliphatic rings. The van der Waals surface area contributed by atoms with Gasteiger partial charge < -0.3 is 14.8 Å². The third-order valence-electron chi connectivity index (χ3n) is 5.55. The monoisotopic (exact) mass is 471 g/mol. The number of ether oxygens (including phenoxy) is 2. The molecule has 7 heteroatoms. The molecule has 0 spiro atoms. The Balaban J connectivity index is 1.18. The minimum Gasteiger partial charge on any atom is -0.486 e. The van der Waals surface area contributed by atoms with Gasteiger partial charge in [0.1, 0.15) is 13.2 Å². The van der Waals surface area contributed by atoms with Crippen molar-refractivity contribution in [2.45, 2.75) is 18.0 Å². The Labute approximate surface area is 202 Å². The molecule has 0 aliphatic carbocycles. The second-order valence-electron chi connectivity index (χ2n) is 7.93. The van der Waals surface area contributed by atoms with Gasteiger partial charge >= 0.3 is 0 Å². The maximum Gasteiger partial charge on any atom is 0.230 e. The highest BCUT2D eigenvalue weighted by molar-refractivity contribution is 8.00. The Morgan fingerprint density at radius 2 is 1.79 bits per heavy atom. The van der Waals surface area contributed by atoms with E-state index >= 15 is 0 Å². The normalized spacial score (nSPS) is 12.4. The van der Waals surface area contributed by atoms with Crippen LogP contribution < -0.4 is 14.8 Å². The number of benzene rings is 3. The lowest BCUT2D eigenvalue weighted by Gasteiger charge is -2.18. The van der Waals surface area contributed by atoms with Crippen LogP contribution in [0.5, 0.6) is 11.5 Å². The SMILES string of the molecule is O=C(CSc1ccc2c(c1)OCCO2)NCc1ccccc1-c1ccc(Cn2cccn2)cc1. The number of fused-ring (bicyclic) bond motifs is 1. The average Bonchev–Trinajstić information content (AvgIpc) is 3.40. The van der Waals surface area contributed by atoms with Crippen molar-refractivity contribution in [1.29, 1.82) is 0 Å². The van der Waals surface area contributed by atoms with E-state index in [1.165, 1.54) is 17.3 Å². The summed E-state index contributed by atoms with van der Waals surface area (Å²) in [4.78, 5) is 13.5. The number of hydrogen-bond acceptors (Lipinski definition) is 5. The number of hydrogen-bond donors (Lipinski definition) is 1. The van der Waals surface area contributed by atoms with Crippen LogP contribution in [0.2, 0.25) is 0 Å². The molecule has 0 radical (unpaired) electrons. The first-order valence-electron chi connectivity index (χ1n) is 11.2. The van der Waals surface area contributed by atoms with Gasteiger partial charge in [-0.25, -0.2) is 0 Å². The predicted octanol–water partition coefficient (Wildman–Crippen LogP) is 4.78. The molecule has 0 saturated heterocycles. The number of nitrogens with zero attached hydrogens (tertiary/aromatic N) is 2. The molecule has 1 aromatic heterocycles. The molecule has 1 aliphatic heterocycles. The Hall–Kier alpha value is -3.71. The fourth-order valence-electron chi connectivity index (χ4n) is 3.83. The van der Waals surface area contributed by atoms with E-state index < -0.39 is 0 Å². The van der Waals surface area contributed by atoms with Crippen LogP contribution in [0.25, 0.3) is 11.1 Å². The van der Waals surface area contributed by atoms with E-state index in [0.29, 0.717) is 25.5 Å². The van der Waals surface area contributed by atoms with E-state index in [0.717, 1.165) is 39.6 Å². The molecule has 1 amide bonds. The molecule has 4 aromatic rings. The highest BCUT2D eigenvalue weighted by Crippen LogP contribution is 2.34. The van der Waals surface area contributed by atoms with E-state index in [-0.39, 0.29) is 5.91 Å². The third-order valence-corrected chi connectivity index (χ3v) is 6.54. The van der Waals surface area contributed by atoms with E-state index in [4.69, 9.17) is 9.47 Å². The van der Waals surface area contributed by atoms with Crippen molar-refractivity contribution in [3.63, 3.8) is 0 Å². The summed E-state index contributed by atoms with van der Waals surface area (Å²) in [5.41, 5.74) is 4.52. The van der Waals surface area contributed by atoms with E-state index in [1.54, 1.807) is 6.20 Å². The zero-order valence-corrected chi connectivity index (χ0v) is 19.5. The van der Waals surface area contributed by atoms with Crippen LogP contribution in [0.4, 0.5) is 0 Å². The number of thioether (sulfide) groups is 1. The zero-order valence-electron chi connectivity index (χ0n) is 18.6. The summed E-state index contributed by atoms with van der Waals surface area (Å²) in [5, 5.41) is 7.32. The third kappa shape index (κ3) is 5.43. The molecule has 0 fully saturated rings. The minimum atomic E-state index is -0.00994. The Kier molecular flexibility index (Phi) is 6.81. The van der Waals surface area contributed by atoms with Gasteiger partial charge in [0.25, 0.3) is 0 Å². The van der Waals surface area contributed by atoms with Crippen molar-refractivity contribution in [3.8, 4) is 22.6 Å². The second kappa shape index (κ2) is 10.5. The van der Waals surface area contributed by atoms with Gasteiger partial charge in [0.15, 0.2) is 11.5 Å². The topological polar surface area (TPSA) is 65.4 Å². The lowest BCUT2D eigenvalue weighted by molar-refractivity contribution is -0.118. The van der Waals surface area contributed by atoms with Gasteiger partial charge in [-0.15, -0.1) is 11.8 Å². The van der Waals surface area contributed by atoms with E-state index in [9.17, 15) is 4.79 Å². The summed E-state index contributed by atoms with van der Waals surface area (Å²) in [6, 6.07) is 24.4. The fraction of sp³-hybridized carbons (Fsp3) is 0.185. The Bertz CT molecular complexity index is 1260. The van der Waals surface area contributed by atoms with Crippen LogP contribution >= 0.6 is 11.8 Å². The van der Waals surface area contributed by atoms with Gasteiger partial charge in [-0.2, -0.15) is 5.10 Å².